The molecule has 0 aliphatic heterocycles. The first-order chi connectivity index (χ1) is 13.0. The van der Waals surface area contributed by atoms with E-state index in [0.29, 0.717) is 39.9 Å². The second kappa shape index (κ2) is 8.82. The van der Waals surface area contributed by atoms with Crippen molar-refractivity contribution in [1.29, 1.82) is 0 Å². The number of furan rings is 1. The van der Waals surface area contributed by atoms with Gasteiger partial charge in [0.25, 0.3) is 0 Å². The number of carbonyl (C=O) groups is 1. The van der Waals surface area contributed by atoms with Gasteiger partial charge in [0.15, 0.2) is 16.7 Å². The van der Waals surface area contributed by atoms with Crippen molar-refractivity contribution in [1.82, 2.24) is 19.7 Å². The lowest BCUT2D eigenvalue weighted by atomic mass is 10.2. The van der Waals surface area contributed by atoms with Gasteiger partial charge in [-0.3, -0.25) is 9.36 Å². The fourth-order valence-corrected chi connectivity index (χ4v) is 3.84. The third-order valence-corrected chi connectivity index (χ3v) is 5.77. The number of carbonyl (C=O) groups excluding carboxylic acids is 1. The van der Waals surface area contributed by atoms with E-state index in [-0.39, 0.29) is 11.7 Å². The molecule has 0 aliphatic rings. The van der Waals surface area contributed by atoms with Crippen LogP contribution in [0.15, 0.2) is 46.2 Å². The molecule has 0 aliphatic carbocycles. The van der Waals surface area contributed by atoms with Gasteiger partial charge in [0.05, 0.1) is 22.1 Å². The van der Waals surface area contributed by atoms with E-state index in [4.69, 9.17) is 27.6 Å². The number of halogens is 2. The van der Waals surface area contributed by atoms with E-state index in [1.165, 1.54) is 11.8 Å². The molecule has 6 nitrogen and oxygen atoms in total. The van der Waals surface area contributed by atoms with Crippen LogP contribution in [0.5, 0.6) is 0 Å². The van der Waals surface area contributed by atoms with Crippen molar-refractivity contribution in [3.63, 3.8) is 0 Å². The van der Waals surface area contributed by atoms with E-state index in [1.807, 2.05) is 29.7 Å². The highest BCUT2D eigenvalue weighted by molar-refractivity contribution is 7.99. The molecule has 0 spiro atoms. The summed E-state index contributed by atoms with van der Waals surface area (Å²) in [5.41, 5.74) is 0.807. The fraction of sp³-hybridized carbons (Fsp3) is 0.278. The van der Waals surface area contributed by atoms with Crippen molar-refractivity contribution in [3.05, 3.63) is 52.2 Å². The van der Waals surface area contributed by atoms with Crippen LogP contribution in [0.4, 0.5) is 0 Å². The number of hydrogen-bond donors (Lipinski definition) is 0. The van der Waals surface area contributed by atoms with Gasteiger partial charge < -0.3 is 9.32 Å². The van der Waals surface area contributed by atoms with Gasteiger partial charge in [0.2, 0.25) is 5.91 Å². The summed E-state index contributed by atoms with van der Waals surface area (Å²) >= 11 is 13.6. The van der Waals surface area contributed by atoms with Gasteiger partial charge in [-0.15, -0.1) is 10.2 Å². The van der Waals surface area contributed by atoms with Gasteiger partial charge in [-0.1, -0.05) is 47.1 Å². The van der Waals surface area contributed by atoms with E-state index in [9.17, 15) is 4.79 Å². The Hall–Kier alpha value is -1.96. The van der Waals surface area contributed by atoms with Crippen molar-refractivity contribution in [3.8, 4) is 11.6 Å². The Morgan fingerprint density at radius 2 is 2.07 bits per heavy atom. The van der Waals surface area contributed by atoms with E-state index in [0.717, 1.165) is 5.56 Å². The van der Waals surface area contributed by atoms with Gasteiger partial charge in [-0.2, -0.15) is 0 Å². The maximum atomic E-state index is 12.5. The first-order valence-electron chi connectivity index (χ1n) is 8.28. The smallest absolute Gasteiger partial charge is 0.233 e. The van der Waals surface area contributed by atoms with Crippen LogP contribution in [-0.4, -0.2) is 38.4 Å². The number of amides is 1. The lowest BCUT2D eigenvalue weighted by molar-refractivity contribution is -0.127. The zero-order valence-corrected chi connectivity index (χ0v) is 17.2. The van der Waals surface area contributed by atoms with Crippen LogP contribution in [0.2, 0.25) is 10.0 Å². The van der Waals surface area contributed by atoms with Crippen molar-refractivity contribution in [2.24, 2.45) is 0 Å². The van der Waals surface area contributed by atoms with E-state index < -0.39 is 0 Å². The van der Waals surface area contributed by atoms with Crippen molar-refractivity contribution >= 4 is 40.9 Å². The predicted molar refractivity (Wildman–Crippen MR) is 107 cm³/mol. The number of hydrogen-bond acceptors (Lipinski definition) is 5. The number of nitrogens with zero attached hydrogens (tertiary/aromatic N) is 4. The topological polar surface area (TPSA) is 64.2 Å². The lowest BCUT2D eigenvalue weighted by Gasteiger charge is -2.18. The van der Waals surface area contributed by atoms with Crippen LogP contribution in [0.25, 0.3) is 11.6 Å². The molecule has 0 bridgehead atoms. The zero-order chi connectivity index (χ0) is 19.4. The molecule has 0 saturated heterocycles. The van der Waals surface area contributed by atoms with Crippen LogP contribution >= 0.6 is 35.0 Å². The standard InChI is InChI=1S/C18H18Cl2N4O2S/c1-3-24-17(14-8-5-9-26-14)21-22-18(24)27-11-15(25)23(2)10-12-6-4-7-13(19)16(12)20/h4-9H,3,10-11H2,1-2H3. The molecule has 27 heavy (non-hydrogen) atoms. The summed E-state index contributed by atoms with van der Waals surface area (Å²) in [4.78, 5) is 14.1. The van der Waals surface area contributed by atoms with Gasteiger partial charge in [-0.05, 0) is 30.7 Å². The Morgan fingerprint density at radius 3 is 2.78 bits per heavy atom. The Kier molecular flexibility index (Phi) is 6.46. The van der Waals surface area contributed by atoms with Crippen LogP contribution < -0.4 is 0 Å². The molecule has 2 aromatic heterocycles. The SMILES string of the molecule is CCn1c(SCC(=O)N(C)Cc2cccc(Cl)c2Cl)nnc1-c1ccco1. The molecule has 0 unspecified atom stereocenters. The Bertz CT molecular complexity index is 928. The lowest BCUT2D eigenvalue weighted by Crippen LogP contribution is -2.28. The van der Waals surface area contributed by atoms with Crippen molar-refractivity contribution in [2.45, 2.75) is 25.2 Å². The van der Waals surface area contributed by atoms with E-state index >= 15 is 0 Å². The van der Waals surface area contributed by atoms with Crippen LogP contribution in [0.1, 0.15) is 12.5 Å². The fourth-order valence-electron chi connectivity index (χ4n) is 2.52. The summed E-state index contributed by atoms with van der Waals surface area (Å²) in [6, 6.07) is 9.03. The minimum Gasteiger partial charge on any atom is -0.461 e. The molecule has 3 rings (SSSR count). The average Bonchev–Trinajstić information content (AvgIpc) is 3.32. The Balaban J connectivity index is 1.64. The molecular weight excluding hydrogens is 407 g/mol. The second-order valence-corrected chi connectivity index (χ2v) is 7.51. The first-order valence-corrected chi connectivity index (χ1v) is 10.0. The zero-order valence-electron chi connectivity index (χ0n) is 14.9. The normalized spacial score (nSPS) is 11.0. The highest BCUT2D eigenvalue weighted by Gasteiger charge is 2.18. The van der Waals surface area contributed by atoms with Crippen LogP contribution in [0, 0.1) is 0 Å². The molecule has 142 valence electrons. The molecule has 1 aromatic carbocycles. The summed E-state index contributed by atoms with van der Waals surface area (Å²) in [6.07, 6.45) is 1.59. The van der Waals surface area contributed by atoms with Gasteiger partial charge >= 0.3 is 0 Å². The summed E-state index contributed by atoms with van der Waals surface area (Å²) in [5, 5.41) is 10.00. The van der Waals surface area contributed by atoms with E-state index in [1.54, 1.807) is 30.3 Å². The number of aromatic nitrogens is 3. The van der Waals surface area contributed by atoms with Crippen molar-refractivity contribution in [2.75, 3.05) is 12.8 Å². The molecule has 0 radical (unpaired) electrons. The highest BCUT2D eigenvalue weighted by atomic mass is 35.5. The molecule has 2 heterocycles. The largest absolute Gasteiger partial charge is 0.461 e. The summed E-state index contributed by atoms with van der Waals surface area (Å²) in [7, 11) is 1.74. The molecule has 0 fully saturated rings. The van der Waals surface area contributed by atoms with Crippen LogP contribution in [-0.2, 0) is 17.9 Å². The highest BCUT2D eigenvalue weighted by Crippen LogP contribution is 2.27. The summed E-state index contributed by atoms with van der Waals surface area (Å²) in [6.45, 7) is 3.05. The summed E-state index contributed by atoms with van der Waals surface area (Å²) < 4.78 is 7.32. The Labute approximate surface area is 171 Å². The van der Waals surface area contributed by atoms with Crippen LogP contribution in [0.3, 0.4) is 0 Å². The van der Waals surface area contributed by atoms with Gasteiger partial charge in [0, 0.05) is 20.1 Å². The maximum absolute atomic E-state index is 12.5. The molecule has 0 atom stereocenters. The third kappa shape index (κ3) is 4.48. The molecule has 9 heteroatoms. The van der Waals surface area contributed by atoms with Gasteiger partial charge in [0.1, 0.15) is 0 Å². The minimum atomic E-state index is -0.0405. The maximum Gasteiger partial charge on any atom is 0.233 e. The summed E-state index contributed by atoms with van der Waals surface area (Å²) in [5.74, 6) is 1.50. The predicted octanol–water partition coefficient (Wildman–Crippen LogP) is 4.62. The number of rotatable bonds is 7. The van der Waals surface area contributed by atoms with Crippen molar-refractivity contribution < 1.29 is 9.21 Å². The first kappa shape index (κ1) is 19.8. The molecule has 3 aromatic rings. The molecule has 0 saturated carbocycles. The Morgan fingerprint density at radius 1 is 1.26 bits per heavy atom. The third-order valence-electron chi connectivity index (χ3n) is 3.96. The second-order valence-electron chi connectivity index (χ2n) is 5.78. The number of thioether (sulfide) groups is 1. The monoisotopic (exact) mass is 424 g/mol. The molecule has 1 amide bonds. The molecular formula is C18H18Cl2N4O2S. The quantitative estimate of drug-likeness (QED) is 0.517. The molecule has 0 N–H and O–H groups in total. The van der Waals surface area contributed by atoms with E-state index in [2.05, 4.69) is 10.2 Å². The number of benzene rings is 1. The van der Waals surface area contributed by atoms with Gasteiger partial charge in [-0.25, -0.2) is 0 Å². The average molecular weight is 425 g/mol. The minimum absolute atomic E-state index is 0.0405.